The van der Waals surface area contributed by atoms with Crippen molar-refractivity contribution in [2.24, 2.45) is 11.3 Å². The fourth-order valence-electron chi connectivity index (χ4n) is 6.42. The number of fused-ring (bicyclic) bond motifs is 2. The third-order valence-corrected chi connectivity index (χ3v) is 8.59. The highest BCUT2D eigenvalue weighted by atomic mass is 35.5. The van der Waals surface area contributed by atoms with Gasteiger partial charge < -0.3 is 15.7 Å². The van der Waals surface area contributed by atoms with E-state index in [-0.39, 0.29) is 55.0 Å². The van der Waals surface area contributed by atoms with Gasteiger partial charge in [0, 0.05) is 23.9 Å². The minimum Gasteiger partial charge on any atom is -0.391 e. The van der Waals surface area contributed by atoms with Crippen LogP contribution in [0.2, 0.25) is 5.02 Å². The summed E-state index contributed by atoms with van der Waals surface area (Å²) in [5.74, 6) is -3.38. The highest BCUT2D eigenvalue weighted by Gasteiger charge is 2.59. The summed E-state index contributed by atoms with van der Waals surface area (Å²) in [5, 5.41) is 15.8. The summed E-state index contributed by atoms with van der Waals surface area (Å²) in [6, 6.07) is 0.381. The number of benzene rings is 1. The summed E-state index contributed by atoms with van der Waals surface area (Å²) in [6.07, 6.45) is 5.05. The van der Waals surface area contributed by atoms with Gasteiger partial charge in [-0.3, -0.25) is 9.59 Å². The molecule has 0 spiro atoms. The molecule has 5 rings (SSSR count). The number of hydrogen-bond acceptors (Lipinski definition) is 5. The zero-order chi connectivity index (χ0) is 26.4. The quantitative estimate of drug-likeness (QED) is 0.468. The number of aromatic nitrogens is 2. The Morgan fingerprint density at radius 2 is 1.84 bits per heavy atom. The van der Waals surface area contributed by atoms with E-state index in [4.69, 9.17) is 11.6 Å². The average Bonchev–Trinajstić information content (AvgIpc) is 3.52. The lowest BCUT2D eigenvalue weighted by atomic mass is 9.74. The molecule has 11 heteroatoms. The van der Waals surface area contributed by atoms with E-state index in [1.165, 1.54) is 18.7 Å². The molecule has 3 aliphatic rings. The molecule has 3 N–H and O–H groups in total. The topological polar surface area (TPSA) is 104 Å². The Balaban J connectivity index is 1.32. The number of aliphatic hydroxyl groups is 1. The van der Waals surface area contributed by atoms with Gasteiger partial charge in [0.05, 0.1) is 29.6 Å². The van der Waals surface area contributed by atoms with E-state index < -0.39 is 52.7 Å². The lowest BCUT2D eigenvalue weighted by molar-refractivity contribution is -0.127. The predicted molar refractivity (Wildman–Crippen MR) is 128 cm³/mol. The molecule has 0 unspecified atom stereocenters. The van der Waals surface area contributed by atoms with Gasteiger partial charge in [-0.05, 0) is 68.1 Å². The van der Waals surface area contributed by atoms with Gasteiger partial charge in [0.1, 0.15) is 23.6 Å². The van der Waals surface area contributed by atoms with Gasteiger partial charge in [0.25, 0.3) is 0 Å². The molecule has 1 aromatic carbocycles. The van der Waals surface area contributed by atoms with Gasteiger partial charge in [-0.1, -0.05) is 11.6 Å². The first-order valence-corrected chi connectivity index (χ1v) is 12.8. The summed E-state index contributed by atoms with van der Waals surface area (Å²) in [7, 11) is 0. The van der Waals surface area contributed by atoms with Crippen LogP contribution in [0.5, 0.6) is 0 Å². The fraction of sp³-hybridized carbons (Fsp3) is 0.538. The molecule has 2 aromatic rings. The second-order valence-electron chi connectivity index (χ2n) is 10.7. The number of rotatable bonds is 7. The predicted octanol–water partition coefficient (Wildman–Crippen LogP) is 3.74. The third kappa shape index (κ3) is 5.05. The van der Waals surface area contributed by atoms with Crippen molar-refractivity contribution in [3.05, 3.63) is 58.6 Å². The number of nitrogens with zero attached hydrogens (tertiary/aromatic N) is 2. The molecule has 0 aliphatic heterocycles. The fourth-order valence-corrected chi connectivity index (χ4v) is 6.58. The first kappa shape index (κ1) is 25.9. The number of carbonyl (C=O) groups is 2. The molecular weight excluding hydrogens is 509 g/mol. The van der Waals surface area contributed by atoms with Gasteiger partial charge in [0.15, 0.2) is 0 Å². The summed E-state index contributed by atoms with van der Waals surface area (Å²) < 4.78 is 45.2. The van der Waals surface area contributed by atoms with Gasteiger partial charge in [-0.2, -0.15) is 0 Å². The Morgan fingerprint density at radius 1 is 1.14 bits per heavy atom. The van der Waals surface area contributed by atoms with Crippen LogP contribution in [0.1, 0.15) is 62.1 Å². The molecular formula is C26H28ClF3N4O3. The normalized spacial score (nSPS) is 31.3. The smallest absolute Gasteiger partial charge is 0.224 e. The molecule has 198 valence electrons. The van der Waals surface area contributed by atoms with Crippen molar-refractivity contribution in [2.45, 2.75) is 75.2 Å². The molecule has 2 bridgehead atoms. The van der Waals surface area contributed by atoms with Crippen LogP contribution in [0.3, 0.4) is 0 Å². The second-order valence-corrected chi connectivity index (χ2v) is 11.1. The zero-order valence-electron chi connectivity index (χ0n) is 20.0. The minimum atomic E-state index is -1.41. The van der Waals surface area contributed by atoms with Crippen LogP contribution < -0.4 is 10.6 Å². The number of alkyl halides is 1. The van der Waals surface area contributed by atoms with Crippen molar-refractivity contribution in [3.8, 4) is 0 Å². The van der Waals surface area contributed by atoms with E-state index in [1.54, 1.807) is 0 Å². The highest BCUT2D eigenvalue weighted by molar-refractivity contribution is 6.30. The van der Waals surface area contributed by atoms with Crippen LogP contribution in [0.15, 0.2) is 30.9 Å². The van der Waals surface area contributed by atoms with Crippen molar-refractivity contribution in [1.82, 2.24) is 20.6 Å². The molecule has 37 heavy (non-hydrogen) atoms. The molecule has 7 nitrogen and oxygen atoms in total. The second kappa shape index (κ2) is 9.87. The van der Waals surface area contributed by atoms with E-state index in [2.05, 4.69) is 20.6 Å². The Hall–Kier alpha value is -2.72. The van der Waals surface area contributed by atoms with E-state index in [1.807, 2.05) is 0 Å². The van der Waals surface area contributed by atoms with Crippen LogP contribution in [0, 0.1) is 23.0 Å². The maximum Gasteiger partial charge on any atom is 0.224 e. The van der Waals surface area contributed by atoms with Crippen molar-refractivity contribution < 1.29 is 27.9 Å². The molecule has 3 saturated carbocycles. The van der Waals surface area contributed by atoms with Gasteiger partial charge >= 0.3 is 0 Å². The third-order valence-electron chi connectivity index (χ3n) is 8.30. The Kier molecular flexibility index (Phi) is 6.91. The largest absolute Gasteiger partial charge is 0.391 e. The number of amides is 2. The van der Waals surface area contributed by atoms with Crippen molar-refractivity contribution in [2.75, 3.05) is 0 Å². The van der Waals surface area contributed by atoms with E-state index in [0.717, 1.165) is 12.1 Å². The Labute approximate surface area is 217 Å². The molecule has 0 radical (unpaired) electrons. The molecule has 1 heterocycles. The summed E-state index contributed by atoms with van der Waals surface area (Å²) in [4.78, 5) is 33.6. The van der Waals surface area contributed by atoms with Crippen molar-refractivity contribution in [1.29, 1.82) is 0 Å². The number of nitrogens with one attached hydrogen (secondary N) is 2. The molecule has 3 fully saturated rings. The average molecular weight is 537 g/mol. The van der Waals surface area contributed by atoms with Crippen LogP contribution in [-0.2, 0) is 16.0 Å². The Morgan fingerprint density at radius 3 is 2.49 bits per heavy atom. The van der Waals surface area contributed by atoms with Crippen molar-refractivity contribution in [3.63, 3.8) is 0 Å². The van der Waals surface area contributed by atoms with Gasteiger partial charge in [0.2, 0.25) is 11.8 Å². The monoisotopic (exact) mass is 536 g/mol. The molecule has 4 atom stereocenters. The maximum absolute atomic E-state index is 15.1. The van der Waals surface area contributed by atoms with E-state index in [0.29, 0.717) is 18.4 Å². The first-order chi connectivity index (χ1) is 17.6. The first-order valence-electron chi connectivity index (χ1n) is 12.4. The lowest BCUT2D eigenvalue weighted by Crippen LogP contribution is -2.43. The van der Waals surface area contributed by atoms with E-state index >= 15 is 8.78 Å². The van der Waals surface area contributed by atoms with Gasteiger partial charge in [-0.25, -0.2) is 23.1 Å². The van der Waals surface area contributed by atoms with Crippen LogP contribution in [-0.4, -0.2) is 44.7 Å². The van der Waals surface area contributed by atoms with Crippen LogP contribution >= 0.6 is 11.6 Å². The standard InChI is InChI=1S/C26H28ClF3N4O3/c27-16-1-2-17(28)21(22(16)29)23(25-3-5-26(30,12-25)6-4-25)34-24(37)15-8-18(19(35)9-15)33-20(36)7-14-10-31-13-32-11-14/h1-2,10-11,13,15,18-19,23,35H,3-9,12H2,(H,33,36)(H,34,37)/t15-,18+,19-,23-,25?,26?/m1/s1. The highest BCUT2D eigenvalue weighted by Crippen LogP contribution is 2.63. The zero-order valence-corrected chi connectivity index (χ0v) is 20.8. The number of aliphatic hydroxyl groups excluding tert-OH is 1. The van der Waals surface area contributed by atoms with Gasteiger partial charge in [-0.15, -0.1) is 0 Å². The minimum absolute atomic E-state index is 0.0177. The van der Waals surface area contributed by atoms with Crippen molar-refractivity contribution >= 4 is 23.4 Å². The maximum atomic E-state index is 15.1. The number of carbonyl (C=O) groups excluding carboxylic acids is 2. The lowest BCUT2D eigenvalue weighted by Gasteiger charge is -2.37. The summed E-state index contributed by atoms with van der Waals surface area (Å²) in [5.41, 5.74) is -2.00. The molecule has 0 saturated heterocycles. The molecule has 3 aliphatic carbocycles. The number of hydrogen-bond donors (Lipinski definition) is 3. The Bertz CT molecular complexity index is 1190. The molecule has 1 aromatic heterocycles. The molecule has 2 amide bonds. The van der Waals surface area contributed by atoms with E-state index in [9.17, 15) is 19.1 Å². The van der Waals surface area contributed by atoms with Crippen LogP contribution in [0.4, 0.5) is 13.2 Å². The van der Waals surface area contributed by atoms with Crippen LogP contribution in [0.25, 0.3) is 0 Å². The summed E-state index contributed by atoms with van der Waals surface area (Å²) >= 11 is 5.96. The number of halogens is 4. The SMILES string of the molecule is O=C(Cc1cncnc1)N[C@H]1C[C@@H](C(=O)N[C@H](c2c(F)ccc(Cl)c2F)C23CCC(F)(CC2)C3)C[C@H]1O. The summed E-state index contributed by atoms with van der Waals surface area (Å²) in [6.45, 7) is 0.